The second kappa shape index (κ2) is 4.68. The first kappa shape index (κ1) is 11.6. The van der Waals surface area contributed by atoms with E-state index in [1.165, 1.54) is 5.56 Å². The second-order valence-electron chi connectivity index (χ2n) is 4.56. The van der Waals surface area contributed by atoms with Gasteiger partial charge in [-0.1, -0.05) is 12.1 Å². The first-order valence-electron chi connectivity index (χ1n) is 6.22. The van der Waals surface area contributed by atoms with E-state index in [4.69, 9.17) is 0 Å². The van der Waals surface area contributed by atoms with Crippen molar-refractivity contribution in [2.75, 3.05) is 0 Å². The van der Waals surface area contributed by atoms with Gasteiger partial charge in [-0.3, -0.25) is 9.25 Å². The lowest BCUT2D eigenvalue weighted by atomic mass is 10.2. The zero-order chi connectivity index (χ0) is 13.2. The molecule has 5 nitrogen and oxygen atoms in total. The van der Waals surface area contributed by atoms with E-state index in [2.05, 4.69) is 47.3 Å². The van der Waals surface area contributed by atoms with Gasteiger partial charge in [0.05, 0.1) is 0 Å². The van der Waals surface area contributed by atoms with E-state index < -0.39 is 0 Å². The molecule has 2 heterocycles. The molecule has 0 spiro atoms. The number of hydrogen-bond donors (Lipinski definition) is 0. The number of nitrogens with zero attached hydrogens (tertiary/aromatic N) is 5. The largest absolute Gasteiger partial charge is 0.284 e. The second-order valence-corrected chi connectivity index (χ2v) is 4.56. The predicted octanol–water partition coefficient (Wildman–Crippen LogP) is 2.38. The number of aromatic nitrogens is 5. The van der Waals surface area contributed by atoms with Gasteiger partial charge in [0.25, 0.3) is 0 Å². The monoisotopic (exact) mass is 253 g/mol. The summed E-state index contributed by atoms with van der Waals surface area (Å²) in [4.78, 5) is 0. The molecule has 0 aliphatic heterocycles. The molecule has 0 aliphatic rings. The SMILES string of the molecule is Cc1cccc(-n2cnnc2[C@@H](C)n2cccn2)c1. The first-order valence-corrected chi connectivity index (χ1v) is 6.22. The molecule has 3 aromatic rings. The third-order valence-electron chi connectivity index (χ3n) is 3.15. The molecule has 3 rings (SSSR count). The molecular weight excluding hydrogens is 238 g/mol. The molecule has 0 saturated heterocycles. The van der Waals surface area contributed by atoms with Crippen molar-refractivity contribution < 1.29 is 0 Å². The van der Waals surface area contributed by atoms with Gasteiger partial charge in [-0.15, -0.1) is 10.2 Å². The summed E-state index contributed by atoms with van der Waals surface area (Å²) in [6.45, 7) is 4.13. The van der Waals surface area contributed by atoms with E-state index in [9.17, 15) is 0 Å². The van der Waals surface area contributed by atoms with Gasteiger partial charge in [0.1, 0.15) is 12.4 Å². The van der Waals surface area contributed by atoms with Crippen LogP contribution in [0.5, 0.6) is 0 Å². The highest BCUT2D eigenvalue weighted by Gasteiger charge is 2.16. The topological polar surface area (TPSA) is 48.5 Å². The molecular formula is C14H15N5. The Hall–Kier alpha value is -2.43. The van der Waals surface area contributed by atoms with Crippen molar-refractivity contribution in [3.63, 3.8) is 0 Å². The third kappa shape index (κ3) is 2.14. The smallest absolute Gasteiger partial charge is 0.162 e. The Bertz CT molecular complexity index is 669. The van der Waals surface area contributed by atoms with Gasteiger partial charge in [0.15, 0.2) is 5.82 Å². The Morgan fingerprint density at radius 2 is 2.11 bits per heavy atom. The molecule has 0 bridgehead atoms. The van der Waals surface area contributed by atoms with Crippen molar-refractivity contribution in [3.8, 4) is 5.69 Å². The van der Waals surface area contributed by atoms with Crippen LogP contribution >= 0.6 is 0 Å². The Morgan fingerprint density at radius 1 is 1.21 bits per heavy atom. The van der Waals surface area contributed by atoms with Crippen LogP contribution in [0.2, 0.25) is 0 Å². The Labute approximate surface area is 111 Å². The van der Waals surface area contributed by atoms with Crippen LogP contribution in [-0.4, -0.2) is 24.5 Å². The highest BCUT2D eigenvalue weighted by atomic mass is 15.3. The van der Waals surface area contributed by atoms with Crippen LogP contribution in [0.25, 0.3) is 5.69 Å². The van der Waals surface area contributed by atoms with Crippen LogP contribution in [-0.2, 0) is 0 Å². The summed E-state index contributed by atoms with van der Waals surface area (Å²) in [5, 5.41) is 12.5. The lowest BCUT2D eigenvalue weighted by molar-refractivity contribution is 0.528. The number of benzene rings is 1. The molecule has 96 valence electrons. The van der Waals surface area contributed by atoms with E-state index in [0.717, 1.165) is 11.5 Å². The summed E-state index contributed by atoms with van der Waals surface area (Å²) in [6.07, 6.45) is 5.44. The summed E-state index contributed by atoms with van der Waals surface area (Å²) in [6, 6.07) is 10.2. The first-order chi connectivity index (χ1) is 9.25. The maximum Gasteiger partial charge on any atom is 0.162 e. The van der Waals surface area contributed by atoms with Gasteiger partial charge < -0.3 is 0 Å². The van der Waals surface area contributed by atoms with Crippen molar-refractivity contribution in [1.82, 2.24) is 24.5 Å². The minimum atomic E-state index is 0.0398. The minimum absolute atomic E-state index is 0.0398. The fourth-order valence-electron chi connectivity index (χ4n) is 2.13. The summed E-state index contributed by atoms with van der Waals surface area (Å²) in [5.74, 6) is 0.870. The van der Waals surface area contributed by atoms with Crippen LogP contribution < -0.4 is 0 Å². The molecule has 0 radical (unpaired) electrons. The summed E-state index contributed by atoms with van der Waals surface area (Å²) >= 11 is 0. The summed E-state index contributed by atoms with van der Waals surface area (Å²) in [5.41, 5.74) is 2.28. The molecule has 0 amide bonds. The minimum Gasteiger partial charge on any atom is -0.284 e. The summed E-state index contributed by atoms with van der Waals surface area (Å²) in [7, 11) is 0. The van der Waals surface area contributed by atoms with Crippen molar-refractivity contribution in [3.05, 3.63) is 60.4 Å². The van der Waals surface area contributed by atoms with Gasteiger partial charge in [-0.05, 0) is 37.6 Å². The molecule has 0 saturated carbocycles. The van der Waals surface area contributed by atoms with E-state index in [-0.39, 0.29) is 6.04 Å². The highest BCUT2D eigenvalue weighted by Crippen LogP contribution is 2.18. The van der Waals surface area contributed by atoms with E-state index in [1.807, 2.05) is 27.6 Å². The maximum absolute atomic E-state index is 4.26. The van der Waals surface area contributed by atoms with Crippen LogP contribution in [0.15, 0.2) is 49.1 Å². The van der Waals surface area contributed by atoms with Crippen LogP contribution in [0.1, 0.15) is 24.4 Å². The van der Waals surface area contributed by atoms with E-state index in [1.54, 1.807) is 12.5 Å². The number of rotatable bonds is 3. The lowest BCUT2D eigenvalue weighted by Crippen LogP contribution is -2.13. The predicted molar refractivity (Wildman–Crippen MR) is 72.1 cm³/mol. The number of hydrogen-bond acceptors (Lipinski definition) is 3. The molecule has 1 aromatic carbocycles. The number of aryl methyl sites for hydroxylation is 1. The summed E-state index contributed by atoms with van der Waals surface area (Å²) < 4.78 is 3.87. The molecule has 2 aromatic heterocycles. The molecule has 0 unspecified atom stereocenters. The van der Waals surface area contributed by atoms with Gasteiger partial charge >= 0.3 is 0 Å². The molecule has 19 heavy (non-hydrogen) atoms. The van der Waals surface area contributed by atoms with Crippen molar-refractivity contribution in [2.45, 2.75) is 19.9 Å². The molecule has 0 N–H and O–H groups in total. The Balaban J connectivity index is 2.03. The molecule has 0 fully saturated rings. The van der Waals surface area contributed by atoms with Crippen molar-refractivity contribution in [2.24, 2.45) is 0 Å². The highest BCUT2D eigenvalue weighted by molar-refractivity contribution is 5.36. The van der Waals surface area contributed by atoms with Gasteiger partial charge in [-0.25, -0.2) is 0 Å². The fraction of sp³-hybridized carbons (Fsp3) is 0.214. The van der Waals surface area contributed by atoms with Crippen LogP contribution in [0, 0.1) is 6.92 Å². The quantitative estimate of drug-likeness (QED) is 0.720. The van der Waals surface area contributed by atoms with Crippen LogP contribution in [0.3, 0.4) is 0 Å². The normalized spacial score (nSPS) is 12.5. The molecule has 0 aliphatic carbocycles. The zero-order valence-corrected chi connectivity index (χ0v) is 10.9. The van der Waals surface area contributed by atoms with Crippen LogP contribution in [0.4, 0.5) is 0 Å². The average molecular weight is 253 g/mol. The van der Waals surface area contributed by atoms with E-state index >= 15 is 0 Å². The van der Waals surface area contributed by atoms with Gasteiger partial charge in [0.2, 0.25) is 0 Å². The lowest BCUT2D eigenvalue weighted by Gasteiger charge is -2.13. The fourth-order valence-corrected chi connectivity index (χ4v) is 2.13. The van der Waals surface area contributed by atoms with Gasteiger partial charge in [0, 0.05) is 18.1 Å². The average Bonchev–Trinajstić information content (AvgIpc) is 3.09. The van der Waals surface area contributed by atoms with Crippen molar-refractivity contribution in [1.29, 1.82) is 0 Å². The molecule has 1 atom stereocenters. The Kier molecular flexibility index (Phi) is 2.87. The third-order valence-corrected chi connectivity index (χ3v) is 3.15. The zero-order valence-electron chi connectivity index (χ0n) is 10.9. The van der Waals surface area contributed by atoms with E-state index in [0.29, 0.717) is 0 Å². The maximum atomic E-state index is 4.26. The standard InChI is InChI=1S/C14H15N5/c1-11-5-3-6-13(9-11)18-10-15-17-14(18)12(2)19-8-4-7-16-19/h3-10,12H,1-2H3/t12-/m1/s1. The molecule has 5 heteroatoms. The Morgan fingerprint density at radius 3 is 2.84 bits per heavy atom. The van der Waals surface area contributed by atoms with Gasteiger partial charge in [-0.2, -0.15) is 5.10 Å². The van der Waals surface area contributed by atoms with Crippen molar-refractivity contribution >= 4 is 0 Å².